The van der Waals surface area contributed by atoms with Crippen molar-refractivity contribution in [2.75, 3.05) is 6.61 Å². The summed E-state index contributed by atoms with van der Waals surface area (Å²) in [5.41, 5.74) is 0.769. The van der Waals surface area contributed by atoms with E-state index in [1.807, 2.05) is 0 Å². The molecular formula is C20H24BF2N3O3Si. The van der Waals surface area contributed by atoms with Gasteiger partial charge in [-0.15, -0.1) is 0 Å². The fourth-order valence-corrected chi connectivity index (χ4v) is 3.71. The fourth-order valence-electron chi connectivity index (χ4n) is 2.95. The van der Waals surface area contributed by atoms with Crippen LogP contribution in [0.4, 0.5) is 8.78 Å². The second-order valence-electron chi connectivity index (χ2n) is 8.17. The first-order chi connectivity index (χ1) is 14.2. The molecule has 0 unspecified atom stereocenters. The Labute approximate surface area is 175 Å². The zero-order valence-corrected chi connectivity index (χ0v) is 18.1. The standard InChI is InChI=1S/C20H24BF2N3O3Si/c1-30(2,3)11-10-29-13-26-20(17-6-4-5-9-24-17)15(12-25-26)14-7-8-16(21(27)28)19(23)18(14)22/h4-9,12,27-28H,10-11,13H2,1-3H3. The van der Waals surface area contributed by atoms with Crippen LogP contribution >= 0.6 is 0 Å². The van der Waals surface area contributed by atoms with Crippen LogP contribution in [-0.2, 0) is 11.5 Å². The Morgan fingerprint density at radius 2 is 1.83 bits per heavy atom. The molecule has 0 aliphatic carbocycles. The Bertz CT molecular complexity index is 1010. The smallest absolute Gasteiger partial charge is 0.423 e. The van der Waals surface area contributed by atoms with Crippen LogP contribution in [0, 0.1) is 11.6 Å². The van der Waals surface area contributed by atoms with E-state index < -0.39 is 32.3 Å². The Morgan fingerprint density at radius 1 is 1.07 bits per heavy atom. The van der Waals surface area contributed by atoms with E-state index in [9.17, 15) is 18.8 Å². The molecule has 0 aliphatic rings. The van der Waals surface area contributed by atoms with Crippen LogP contribution in [0.2, 0.25) is 25.7 Å². The summed E-state index contributed by atoms with van der Waals surface area (Å²) in [7, 11) is -3.35. The van der Waals surface area contributed by atoms with Crippen molar-refractivity contribution < 1.29 is 23.6 Å². The van der Waals surface area contributed by atoms with Crippen LogP contribution in [0.3, 0.4) is 0 Å². The van der Waals surface area contributed by atoms with Gasteiger partial charge in [0.05, 0.1) is 17.6 Å². The van der Waals surface area contributed by atoms with Gasteiger partial charge >= 0.3 is 7.12 Å². The monoisotopic (exact) mass is 431 g/mol. The Morgan fingerprint density at radius 3 is 2.47 bits per heavy atom. The van der Waals surface area contributed by atoms with Crippen molar-refractivity contribution in [1.29, 1.82) is 0 Å². The Kier molecular flexibility index (Phi) is 6.81. The summed E-state index contributed by atoms with van der Waals surface area (Å²) in [6.07, 6.45) is 3.03. The number of pyridine rings is 1. The molecular weight excluding hydrogens is 407 g/mol. The van der Waals surface area contributed by atoms with Gasteiger partial charge in [0.25, 0.3) is 0 Å². The first kappa shape index (κ1) is 22.3. The van der Waals surface area contributed by atoms with E-state index in [-0.39, 0.29) is 12.3 Å². The lowest BCUT2D eigenvalue weighted by Gasteiger charge is -2.16. The van der Waals surface area contributed by atoms with Crippen molar-refractivity contribution in [2.24, 2.45) is 0 Å². The maximum atomic E-state index is 14.8. The normalized spacial score (nSPS) is 11.7. The zero-order valence-electron chi connectivity index (χ0n) is 17.1. The number of hydrogen-bond acceptors (Lipinski definition) is 5. The lowest BCUT2D eigenvalue weighted by Crippen LogP contribution is -2.33. The van der Waals surface area contributed by atoms with Crippen LogP contribution in [0.1, 0.15) is 0 Å². The molecule has 30 heavy (non-hydrogen) atoms. The van der Waals surface area contributed by atoms with Crippen molar-refractivity contribution in [3.63, 3.8) is 0 Å². The van der Waals surface area contributed by atoms with Gasteiger partial charge in [0.2, 0.25) is 0 Å². The molecule has 2 heterocycles. The van der Waals surface area contributed by atoms with Crippen molar-refractivity contribution in [1.82, 2.24) is 14.8 Å². The Hall–Kier alpha value is -2.40. The summed E-state index contributed by atoms with van der Waals surface area (Å²) in [5, 5.41) is 22.7. The SMILES string of the molecule is C[Si](C)(C)CCOCn1ncc(-c2ccc(B(O)O)c(F)c2F)c1-c1ccccn1. The van der Waals surface area contributed by atoms with E-state index >= 15 is 0 Å². The molecule has 0 spiro atoms. The van der Waals surface area contributed by atoms with Crippen LogP contribution in [-0.4, -0.2) is 46.6 Å². The van der Waals surface area contributed by atoms with Crippen LogP contribution in [0.15, 0.2) is 42.7 Å². The van der Waals surface area contributed by atoms with Gasteiger partial charge in [-0.25, -0.2) is 13.5 Å². The molecule has 0 fully saturated rings. The molecule has 0 atom stereocenters. The van der Waals surface area contributed by atoms with Crippen LogP contribution in [0.5, 0.6) is 0 Å². The summed E-state index contributed by atoms with van der Waals surface area (Å²) in [6.45, 7) is 7.50. The van der Waals surface area contributed by atoms with Gasteiger partial charge in [-0.2, -0.15) is 5.10 Å². The minimum absolute atomic E-state index is 0.0501. The van der Waals surface area contributed by atoms with Crippen molar-refractivity contribution in [2.45, 2.75) is 32.4 Å². The molecule has 3 rings (SSSR count). The van der Waals surface area contributed by atoms with Crippen molar-refractivity contribution in [3.05, 3.63) is 54.4 Å². The fraction of sp³-hybridized carbons (Fsp3) is 0.300. The summed E-state index contributed by atoms with van der Waals surface area (Å²) >= 11 is 0. The number of benzene rings is 1. The third-order valence-corrected chi connectivity index (χ3v) is 6.34. The van der Waals surface area contributed by atoms with E-state index in [2.05, 4.69) is 29.7 Å². The van der Waals surface area contributed by atoms with Gasteiger partial charge in [0.1, 0.15) is 6.73 Å². The first-order valence-corrected chi connectivity index (χ1v) is 13.3. The Balaban J connectivity index is 2.00. The minimum atomic E-state index is -2.11. The second kappa shape index (κ2) is 9.17. The molecule has 158 valence electrons. The molecule has 0 saturated heterocycles. The van der Waals surface area contributed by atoms with Gasteiger partial charge in [0, 0.05) is 37.5 Å². The summed E-state index contributed by atoms with van der Waals surface area (Å²) < 4.78 is 36.5. The molecule has 0 radical (unpaired) electrons. The number of halogens is 2. The minimum Gasteiger partial charge on any atom is -0.423 e. The summed E-state index contributed by atoms with van der Waals surface area (Å²) in [4.78, 5) is 4.33. The summed E-state index contributed by atoms with van der Waals surface area (Å²) in [5.74, 6) is -2.49. The molecule has 0 saturated carbocycles. The van der Waals surface area contributed by atoms with Crippen molar-refractivity contribution in [3.8, 4) is 22.5 Å². The molecule has 1 aromatic carbocycles. The molecule has 6 nitrogen and oxygen atoms in total. The maximum Gasteiger partial charge on any atom is 0.491 e. The molecule has 2 N–H and O–H groups in total. The average molecular weight is 431 g/mol. The number of aromatic nitrogens is 3. The number of nitrogens with zero attached hydrogens (tertiary/aromatic N) is 3. The quantitative estimate of drug-likeness (QED) is 0.424. The number of ether oxygens (including phenoxy) is 1. The highest BCUT2D eigenvalue weighted by Crippen LogP contribution is 2.33. The third kappa shape index (κ3) is 5.01. The average Bonchev–Trinajstić information content (AvgIpc) is 3.10. The molecule has 0 bridgehead atoms. The topological polar surface area (TPSA) is 80.4 Å². The van der Waals surface area contributed by atoms with E-state index in [1.54, 1.807) is 29.1 Å². The lowest BCUT2D eigenvalue weighted by molar-refractivity contribution is 0.0797. The highest BCUT2D eigenvalue weighted by molar-refractivity contribution is 6.76. The second-order valence-corrected chi connectivity index (χ2v) is 13.8. The van der Waals surface area contributed by atoms with E-state index in [1.165, 1.54) is 12.3 Å². The van der Waals surface area contributed by atoms with Crippen molar-refractivity contribution >= 4 is 20.7 Å². The van der Waals surface area contributed by atoms with E-state index in [0.717, 1.165) is 12.1 Å². The van der Waals surface area contributed by atoms with Crippen LogP contribution < -0.4 is 5.46 Å². The van der Waals surface area contributed by atoms with Gasteiger partial charge in [0.15, 0.2) is 11.6 Å². The molecule has 2 aromatic heterocycles. The molecule has 10 heteroatoms. The number of rotatable bonds is 8. The predicted molar refractivity (Wildman–Crippen MR) is 115 cm³/mol. The van der Waals surface area contributed by atoms with E-state index in [0.29, 0.717) is 23.6 Å². The number of hydrogen-bond donors (Lipinski definition) is 2. The van der Waals surface area contributed by atoms with Gasteiger partial charge < -0.3 is 14.8 Å². The third-order valence-electron chi connectivity index (χ3n) is 4.64. The maximum absolute atomic E-state index is 14.8. The highest BCUT2D eigenvalue weighted by Gasteiger charge is 2.25. The predicted octanol–water partition coefficient (Wildman–Crippen LogP) is 2.88. The molecule has 0 aliphatic heterocycles. The largest absolute Gasteiger partial charge is 0.491 e. The first-order valence-electron chi connectivity index (χ1n) is 9.58. The molecule has 3 aromatic rings. The molecule has 0 amide bonds. The van der Waals surface area contributed by atoms with Gasteiger partial charge in [-0.05, 0) is 18.2 Å². The van der Waals surface area contributed by atoms with Gasteiger partial charge in [-0.3, -0.25) is 4.98 Å². The highest BCUT2D eigenvalue weighted by atomic mass is 28.3. The van der Waals surface area contributed by atoms with Crippen LogP contribution in [0.25, 0.3) is 22.5 Å². The van der Waals surface area contributed by atoms with Gasteiger partial charge in [-0.1, -0.05) is 37.8 Å². The lowest BCUT2D eigenvalue weighted by atomic mass is 9.79. The van der Waals surface area contributed by atoms with E-state index in [4.69, 9.17) is 4.74 Å². The summed E-state index contributed by atoms with van der Waals surface area (Å²) in [6, 6.07) is 8.73. The zero-order chi connectivity index (χ0) is 21.9.